The quantitative estimate of drug-likeness (QED) is 0.906. The van der Waals surface area contributed by atoms with Crippen LogP contribution in [0.15, 0.2) is 24.3 Å². The lowest BCUT2D eigenvalue weighted by molar-refractivity contribution is -0.117. The standard InChI is InChI=1S/C17H26N2O2/c1-13(2)21-16-6-4-15(5-7-16)18-17(20)12-19-10-8-14(3)9-11-19/h4-7,13-14H,8-12H2,1-3H3,(H,18,20). The van der Waals surface area contributed by atoms with Gasteiger partial charge in [-0.05, 0) is 70.0 Å². The third-order valence-electron chi connectivity index (χ3n) is 3.75. The molecule has 0 unspecified atom stereocenters. The summed E-state index contributed by atoms with van der Waals surface area (Å²) in [6, 6.07) is 7.54. The Balaban J connectivity index is 1.79. The third kappa shape index (κ3) is 5.38. The molecule has 1 heterocycles. The molecule has 0 bridgehead atoms. The van der Waals surface area contributed by atoms with E-state index in [1.54, 1.807) is 0 Å². The molecule has 0 aliphatic carbocycles. The minimum Gasteiger partial charge on any atom is -0.491 e. The van der Waals surface area contributed by atoms with E-state index < -0.39 is 0 Å². The number of nitrogens with zero attached hydrogens (tertiary/aromatic N) is 1. The molecule has 1 fully saturated rings. The van der Waals surface area contributed by atoms with Crippen LogP contribution in [0.25, 0.3) is 0 Å². The van der Waals surface area contributed by atoms with Gasteiger partial charge in [-0.15, -0.1) is 0 Å². The molecule has 1 aromatic rings. The highest BCUT2D eigenvalue weighted by Gasteiger charge is 2.17. The van der Waals surface area contributed by atoms with E-state index in [1.165, 1.54) is 12.8 Å². The van der Waals surface area contributed by atoms with Crippen molar-refractivity contribution in [1.82, 2.24) is 4.90 Å². The van der Waals surface area contributed by atoms with E-state index in [1.807, 2.05) is 38.1 Å². The SMILES string of the molecule is CC1CCN(CC(=O)Nc2ccc(OC(C)C)cc2)CC1. The van der Waals surface area contributed by atoms with Crippen molar-refractivity contribution in [3.8, 4) is 5.75 Å². The van der Waals surface area contributed by atoms with Gasteiger partial charge in [0.05, 0.1) is 12.6 Å². The predicted octanol–water partition coefficient (Wildman–Crippen LogP) is 3.14. The monoisotopic (exact) mass is 290 g/mol. The van der Waals surface area contributed by atoms with Crippen LogP contribution in [0.2, 0.25) is 0 Å². The van der Waals surface area contributed by atoms with Crippen molar-refractivity contribution >= 4 is 11.6 Å². The van der Waals surface area contributed by atoms with E-state index in [2.05, 4.69) is 17.1 Å². The van der Waals surface area contributed by atoms with Crippen molar-refractivity contribution in [1.29, 1.82) is 0 Å². The topological polar surface area (TPSA) is 41.6 Å². The van der Waals surface area contributed by atoms with Crippen molar-refractivity contribution < 1.29 is 9.53 Å². The summed E-state index contributed by atoms with van der Waals surface area (Å²) in [5, 5.41) is 2.94. The first-order chi connectivity index (χ1) is 10.0. The van der Waals surface area contributed by atoms with Crippen molar-refractivity contribution in [2.24, 2.45) is 5.92 Å². The number of nitrogens with one attached hydrogen (secondary N) is 1. The van der Waals surface area contributed by atoms with E-state index in [-0.39, 0.29) is 12.0 Å². The minimum absolute atomic E-state index is 0.0575. The molecular formula is C17H26N2O2. The molecule has 0 aromatic heterocycles. The van der Waals surface area contributed by atoms with E-state index in [9.17, 15) is 4.79 Å². The van der Waals surface area contributed by atoms with Gasteiger partial charge in [0.1, 0.15) is 5.75 Å². The van der Waals surface area contributed by atoms with Crippen molar-refractivity contribution in [3.63, 3.8) is 0 Å². The van der Waals surface area contributed by atoms with Gasteiger partial charge < -0.3 is 10.1 Å². The molecule has 1 aliphatic rings. The number of amides is 1. The number of piperidine rings is 1. The van der Waals surface area contributed by atoms with Gasteiger partial charge in [-0.1, -0.05) is 6.92 Å². The van der Waals surface area contributed by atoms with Crippen molar-refractivity contribution in [2.75, 3.05) is 25.0 Å². The van der Waals surface area contributed by atoms with Crippen LogP contribution in [0.5, 0.6) is 5.75 Å². The summed E-state index contributed by atoms with van der Waals surface area (Å²) < 4.78 is 5.58. The summed E-state index contributed by atoms with van der Waals surface area (Å²) in [7, 11) is 0. The Morgan fingerprint density at radius 3 is 2.48 bits per heavy atom. The summed E-state index contributed by atoms with van der Waals surface area (Å²) in [4.78, 5) is 14.3. The molecule has 1 aliphatic heterocycles. The fourth-order valence-corrected chi connectivity index (χ4v) is 2.51. The smallest absolute Gasteiger partial charge is 0.238 e. The van der Waals surface area contributed by atoms with Crippen LogP contribution in [0.3, 0.4) is 0 Å². The Bertz CT molecular complexity index is 448. The fourth-order valence-electron chi connectivity index (χ4n) is 2.51. The fraction of sp³-hybridized carbons (Fsp3) is 0.588. The number of anilines is 1. The maximum absolute atomic E-state index is 12.0. The molecule has 1 N–H and O–H groups in total. The maximum Gasteiger partial charge on any atom is 0.238 e. The average molecular weight is 290 g/mol. The van der Waals surface area contributed by atoms with Crippen LogP contribution < -0.4 is 10.1 Å². The van der Waals surface area contributed by atoms with Gasteiger partial charge in [0.15, 0.2) is 0 Å². The summed E-state index contributed by atoms with van der Waals surface area (Å²) in [6.07, 6.45) is 2.54. The second-order valence-electron chi connectivity index (χ2n) is 6.20. The van der Waals surface area contributed by atoms with Crippen LogP contribution in [-0.4, -0.2) is 36.5 Å². The van der Waals surface area contributed by atoms with Crippen LogP contribution >= 0.6 is 0 Å². The van der Waals surface area contributed by atoms with Gasteiger partial charge in [-0.2, -0.15) is 0 Å². The van der Waals surface area contributed by atoms with Gasteiger partial charge in [0.2, 0.25) is 5.91 Å². The van der Waals surface area contributed by atoms with E-state index in [4.69, 9.17) is 4.74 Å². The Morgan fingerprint density at radius 2 is 1.90 bits per heavy atom. The molecule has 2 rings (SSSR count). The number of carbonyl (C=O) groups excluding carboxylic acids is 1. The molecule has 1 aromatic carbocycles. The Labute approximate surface area is 127 Å². The van der Waals surface area contributed by atoms with Gasteiger partial charge in [-0.25, -0.2) is 0 Å². The number of benzene rings is 1. The maximum atomic E-state index is 12.0. The van der Waals surface area contributed by atoms with Crippen LogP contribution in [0, 0.1) is 5.92 Å². The van der Waals surface area contributed by atoms with Gasteiger partial charge in [0.25, 0.3) is 0 Å². The molecule has 1 saturated heterocycles. The van der Waals surface area contributed by atoms with E-state index in [0.717, 1.165) is 30.4 Å². The molecule has 0 saturated carbocycles. The molecular weight excluding hydrogens is 264 g/mol. The molecule has 0 atom stereocenters. The highest BCUT2D eigenvalue weighted by atomic mass is 16.5. The highest BCUT2D eigenvalue weighted by molar-refractivity contribution is 5.92. The van der Waals surface area contributed by atoms with Crippen molar-refractivity contribution in [2.45, 2.75) is 39.7 Å². The number of rotatable bonds is 5. The molecule has 4 nitrogen and oxygen atoms in total. The van der Waals surface area contributed by atoms with E-state index in [0.29, 0.717) is 6.54 Å². The Morgan fingerprint density at radius 1 is 1.29 bits per heavy atom. The zero-order valence-electron chi connectivity index (χ0n) is 13.3. The molecule has 116 valence electrons. The molecule has 21 heavy (non-hydrogen) atoms. The molecule has 0 spiro atoms. The van der Waals surface area contributed by atoms with Gasteiger partial charge in [-0.3, -0.25) is 9.69 Å². The second-order valence-corrected chi connectivity index (χ2v) is 6.20. The first kappa shape index (κ1) is 15.8. The highest BCUT2D eigenvalue weighted by Crippen LogP contribution is 2.18. The molecule has 1 amide bonds. The number of hydrogen-bond donors (Lipinski definition) is 1. The molecule has 4 heteroatoms. The average Bonchev–Trinajstić information content (AvgIpc) is 2.43. The lowest BCUT2D eigenvalue weighted by atomic mass is 9.99. The first-order valence-corrected chi connectivity index (χ1v) is 7.82. The van der Waals surface area contributed by atoms with Crippen LogP contribution in [0.4, 0.5) is 5.69 Å². The van der Waals surface area contributed by atoms with E-state index >= 15 is 0 Å². The lowest BCUT2D eigenvalue weighted by Crippen LogP contribution is -2.38. The third-order valence-corrected chi connectivity index (χ3v) is 3.75. The van der Waals surface area contributed by atoms with Gasteiger partial charge >= 0.3 is 0 Å². The summed E-state index contributed by atoms with van der Waals surface area (Å²) >= 11 is 0. The van der Waals surface area contributed by atoms with Crippen LogP contribution in [0.1, 0.15) is 33.6 Å². The zero-order valence-corrected chi connectivity index (χ0v) is 13.3. The predicted molar refractivity (Wildman–Crippen MR) is 85.7 cm³/mol. The summed E-state index contributed by atoms with van der Waals surface area (Å²) in [6.45, 7) is 8.80. The largest absolute Gasteiger partial charge is 0.491 e. The van der Waals surface area contributed by atoms with Crippen molar-refractivity contribution in [3.05, 3.63) is 24.3 Å². The number of ether oxygens (including phenoxy) is 1. The Hall–Kier alpha value is -1.55. The minimum atomic E-state index is 0.0575. The van der Waals surface area contributed by atoms with Crippen LogP contribution in [-0.2, 0) is 4.79 Å². The lowest BCUT2D eigenvalue weighted by Gasteiger charge is -2.29. The Kier molecular flexibility index (Phi) is 5.62. The molecule has 0 radical (unpaired) electrons. The zero-order chi connectivity index (χ0) is 15.2. The van der Waals surface area contributed by atoms with Gasteiger partial charge in [0, 0.05) is 5.69 Å². The second kappa shape index (κ2) is 7.46. The summed E-state index contributed by atoms with van der Waals surface area (Å²) in [5.74, 6) is 1.67. The normalized spacial score (nSPS) is 17.0. The number of likely N-dealkylation sites (tertiary alicyclic amines) is 1. The number of carbonyl (C=O) groups is 1. The number of hydrogen-bond acceptors (Lipinski definition) is 3. The first-order valence-electron chi connectivity index (χ1n) is 7.82. The summed E-state index contributed by atoms with van der Waals surface area (Å²) in [5.41, 5.74) is 0.821.